The average Bonchev–Trinajstić information content (AvgIpc) is 2.62. The quantitative estimate of drug-likeness (QED) is 0.781. The molecule has 0 atom stereocenters. The molecule has 0 unspecified atom stereocenters. The summed E-state index contributed by atoms with van der Waals surface area (Å²) < 4.78 is 1.10. The van der Waals surface area contributed by atoms with E-state index in [0.29, 0.717) is 0 Å². The van der Waals surface area contributed by atoms with Gasteiger partial charge in [0.15, 0.2) is 0 Å². The van der Waals surface area contributed by atoms with Crippen LogP contribution in [0.5, 0.6) is 0 Å². The Morgan fingerprint density at radius 1 is 1.38 bits per heavy atom. The lowest BCUT2D eigenvalue weighted by atomic mass is 10.1. The van der Waals surface area contributed by atoms with Crippen molar-refractivity contribution in [1.29, 1.82) is 0 Å². The van der Waals surface area contributed by atoms with Gasteiger partial charge in [0, 0.05) is 10.0 Å². The molecule has 2 aromatic rings. The lowest BCUT2D eigenvalue weighted by Gasteiger charge is -2.02. The van der Waals surface area contributed by atoms with E-state index in [4.69, 9.17) is 0 Å². The van der Waals surface area contributed by atoms with E-state index >= 15 is 0 Å². The van der Waals surface area contributed by atoms with E-state index in [0.717, 1.165) is 15.0 Å². The monoisotopic (exact) mass is 254 g/mol. The maximum Gasteiger partial charge on any atom is 0.148 e. The third-order valence-electron chi connectivity index (χ3n) is 1.78. The molecule has 0 aliphatic heterocycles. The van der Waals surface area contributed by atoms with Gasteiger partial charge in [-0.3, -0.25) is 0 Å². The second-order valence-corrected chi connectivity index (χ2v) is 4.31. The van der Waals surface area contributed by atoms with Gasteiger partial charge in [-0.25, -0.2) is 0 Å². The van der Waals surface area contributed by atoms with Crippen LogP contribution in [0, 0.1) is 6.92 Å². The summed E-state index contributed by atoms with van der Waals surface area (Å²) >= 11 is 5.09. The first-order chi connectivity index (χ1) is 6.29. The van der Waals surface area contributed by atoms with Gasteiger partial charge in [0.2, 0.25) is 0 Å². The van der Waals surface area contributed by atoms with Gasteiger partial charge in [-0.15, -0.1) is 10.2 Å². The minimum Gasteiger partial charge on any atom is -0.147 e. The van der Waals surface area contributed by atoms with Crippen molar-refractivity contribution in [3.05, 3.63) is 33.7 Å². The van der Waals surface area contributed by atoms with Gasteiger partial charge in [-0.1, -0.05) is 29.5 Å². The number of nitrogens with zero attached hydrogens (tertiary/aromatic N) is 2. The predicted octanol–water partition coefficient (Wildman–Crippen LogP) is 3.28. The van der Waals surface area contributed by atoms with E-state index in [9.17, 15) is 0 Å². The molecule has 0 N–H and O–H groups in total. The first-order valence-corrected chi connectivity index (χ1v) is 5.48. The molecule has 66 valence electrons. The smallest absolute Gasteiger partial charge is 0.147 e. The summed E-state index contributed by atoms with van der Waals surface area (Å²) in [6.45, 7) is 2.06. The van der Waals surface area contributed by atoms with Crippen molar-refractivity contribution in [3.8, 4) is 10.6 Å². The summed E-state index contributed by atoms with van der Waals surface area (Å²) in [6, 6.07) is 6.13. The molecule has 4 heteroatoms. The van der Waals surface area contributed by atoms with Gasteiger partial charge in [-0.05, 0) is 28.4 Å². The van der Waals surface area contributed by atoms with Crippen molar-refractivity contribution in [2.75, 3.05) is 0 Å². The summed E-state index contributed by atoms with van der Waals surface area (Å²) in [4.78, 5) is 0. The first kappa shape index (κ1) is 8.84. The predicted molar refractivity (Wildman–Crippen MR) is 57.8 cm³/mol. The summed E-state index contributed by atoms with van der Waals surface area (Å²) in [5.41, 5.74) is 4.07. The highest BCUT2D eigenvalue weighted by Crippen LogP contribution is 2.30. The number of halogens is 1. The Morgan fingerprint density at radius 2 is 2.23 bits per heavy atom. The van der Waals surface area contributed by atoms with E-state index in [1.807, 2.05) is 12.1 Å². The molecule has 0 bridgehead atoms. The highest BCUT2D eigenvalue weighted by Gasteiger charge is 2.06. The molecule has 0 aliphatic carbocycles. The SMILES string of the molecule is Cc1cccc(-c2nncs2)c1Br. The molecule has 13 heavy (non-hydrogen) atoms. The molecule has 1 aromatic heterocycles. The van der Waals surface area contributed by atoms with Crippen LogP contribution in [0.25, 0.3) is 10.6 Å². The summed E-state index contributed by atoms with van der Waals surface area (Å²) in [7, 11) is 0. The Morgan fingerprint density at radius 3 is 2.92 bits per heavy atom. The first-order valence-electron chi connectivity index (χ1n) is 3.80. The molecule has 0 radical (unpaired) electrons. The Hall–Kier alpha value is -0.740. The molecule has 0 fully saturated rings. The number of benzene rings is 1. The molecule has 0 saturated carbocycles. The topological polar surface area (TPSA) is 25.8 Å². The molecule has 2 rings (SSSR count). The van der Waals surface area contributed by atoms with Crippen LogP contribution >= 0.6 is 27.3 Å². The molecular formula is C9H7BrN2S. The van der Waals surface area contributed by atoms with E-state index in [1.54, 1.807) is 16.8 Å². The molecule has 0 spiro atoms. The number of hydrogen-bond donors (Lipinski definition) is 0. The fourth-order valence-electron chi connectivity index (χ4n) is 1.10. The van der Waals surface area contributed by atoms with Crippen molar-refractivity contribution in [3.63, 3.8) is 0 Å². The summed E-state index contributed by atoms with van der Waals surface area (Å²) in [6.07, 6.45) is 0. The van der Waals surface area contributed by atoms with Gasteiger partial charge >= 0.3 is 0 Å². The Balaban J connectivity index is 2.59. The fourth-order valence-corrected chi connectivity index (χ4v) is 2.27. The Kier molecular flexibility index (Phi) is 2.42. The van der Waals surface area contributed by atoms with Crippen molar-refractivity contribution in [2.45, 2.75) is 6.92 Å². The van der Waals surface area contributed by atoms with Crippen LogP contribution in [0.1, 0.15) is 5.56 Å². The van der Waals surface area contributed by atoms with Crippen LogP contribution in [0.4, 0.5) is 0 Å². The number of rotatable bonds is 1. The molecule has 1 aromatic carbocycles. The van der Waals surface area contributed by atoms with Crippen LogP contribution in [-0.2, 0) is 0 Å². The van der Waals surface area contributed by atoms with Crippen LogP contribution in [0.3, 0.4) is 0 Å². The second-order valence-electron chi connectivity index (χ2n) is 2.68. The molecule has 0 aliphatic rings. The number of hydrogen-bond acceptors (Lipinski definition) is 3. The van der Waals surface area contributed by atoms with Crippen LogP contribution < -0.4 is 0 Å². The van der Waals surface area contributed by atoms with Crippen LogP contribution in [0.15, 0.2) is 28.2 Å². The summed E-state index contributed by atoms with van der Waals surface area (Å²) in [5.74, 6) is 0. The van der Waals surface area contributed by atoms with Gasteiger partial charge in [0.05, 0.1) is 0 Å². The zero-order valence-electron chi connectivity index (χ0n) is 6.99. The number of aryl methyl sites for hydroxylation is 1. The minimum atomic E-state index is 0.954. The van der Waals surface area contributed by atoms with E-state index in [-0.39, 0.29) is 0 Å². The van der Waals surface area contributed by atoms with E-state index in [2.05, 4.69) is 39.1 Å². The standard InChI is InChI=1S/C9H7BrN2S/c1-6-3-2-4-7(8(6)10)9-12-11-5-13-9/h2-5H,1H3. The van der Waals surface area contributed by atoms with E-state index in [1.165, 1.54) is 5.56 Å². The third-order valence-corrected chi connectivity index (χ3v) is 3.56. The largest absolute Gasteiger partial charge is 0.148 e. The lowest BCUT2D eigenvalue weighted by Crippen LogP contribution is -1.82. The van der Waals surface area contributed by atoms with Crippen molar-refractivity contribution in [1.82, 2.24) is 10.2 Å². The van der Waals surface area contributed by atoms with Crippen molar-refractivity contribution >= 4 is 27.3 Å². The third kappa shape index (κ3) is 1.64. The number of aromatic nitrogens is 2. The zero-order chi connectivity index (χ0) is 9.26. The van der Waals surface area contributed by atoms with Gasteiger partial charge in [0.1, 0.15) is 10.5 Å². The van der Waals surface area contributed by atoms with Crippen LogP contribution in [-0.4, -0.2) is 10.2 Å². The van der Waals surface area contributed by atoms with Gasteiger partial charge in [0.25, 0.3) is 0 Å². The highest BCUT2D eigenvalue weighted by molar-refractivity contribution is 9.10. The maximum absolute atomic E-state index is 4.03. The molecular weight excluding hydrogens is 248 g/mol. The summed E-state index contributed by atoms with van der Waals surface area (Å²) in [5, 5.41) is 8.80. The van der Waals surface area contributed by atoms with E-state index < -0.39 is 0 Å². The molecule has 1 heterocycles. The maximum atomic E-state index is 4.03. The lowest BCUT2D eigenvalue weighted by molar-refractivity contribution is 1.09. The molecule has 0 amide bonds. The fraction of sp³-hybridized carbons (Fsp3) is 0.111. The van der Waals surface area contributed by atoms with Crippen LogP contribution in [0.2, 0.25) is 0 Å². The van der Waals surface area contributed by atoms with Crippen molar-refractivity contribution < 1.29 is 0 Å². The highest BCUT2D eigenvalue weighted by atomic mass is 79.9. The normalized spacial score (nSPS) is 10.3. The average molecular weight is 255 g/mol. The van der Waals surface area contributed by atoms with Gasteiger partial charge < -0.3 is 0 Å². The van der Waals surface area contributed by atoms with Crippen molar-refractivity contribution in [2.24, 2.45) is 0 Å². The van der Waals surface area contributed by atoms with Gasteiger partial charge in [-0.2, -0.15) is 0 Å². The Labute approximate surface area is 88.8 Å². The molecule has 2 nitrogen and oxygen atoms in total. The zero-order valence-corrected chi connectivity index (χ0v) is 9.39. The Bertz CT molecular complexity index is 412. The molecule has 0 saturated heterocycles. The second kappa shape index (κ2) is 3.55. The minimum absolute atomic E-state index is 0.954.